The number of hydrazine groups is 1. The number of ether oxygens (including phenoxy) is 2. The van der Waals surface area contributed by atoms with Gasteiger partial charge in [0.05, 0.1) is 7.11 Å². The topological polar surface area (TPSA) is 123 Å². The molecular weight excluding hydrogens is 314 g/mol. The van der Waals surface area contributed by atoms with Gasteiger partial charge in [-0.3, -0.25) is 4.79 Å². The highest BCUT2D eigenvalue weighted by Crippen LogP contribution is 2.07. The number of carbonyl (C=O) groups is 2. The molecule has 0 unspecified atom stereocenters. The van der Waals surface area contributed by atoms with Crippen molar-refractivity contribution in [3.63, 3.8) is 0 Å². The molecule has 1 atom stereocenters. The van der Waals surface area contributed by atoms with Crippen LogP contribution in [0.1, 0.15) is 41.0 Å². The lowest BCUT2D eigenvalue weighted by molar-refractivity contribution is -0.143. The van der Waals surface area contributed by atoms with Crippen molar-refractivity contribution in [3.05, 3.63) is 0 Å². The van der Waals surface area contributed by atoms with E-state index in [4.69, 9.17) is 4.74 Å². The maximum absolute atomic E-state index is 11.8. The van der Waals surface area contributed by atoms with E-state index in [9.17, 15) is 18.0 Å². The van der Waals surface area contributed by atoms with Gasteiger partial charge < -0.3 is 9.47 Å². The highest BCUT2D eigenvalue weighted by Gasteiger charge is 2.26. The van der Waals surface area contributed by atoms with E-state index in [-0.39, 0.29) is 12.3 Å². The Morgan fingerprint density at radius 3 is 2.14 bits per heavy atom. The molecule has 0 spiro atoms. The van der Waals surface area contributed by atoms with Crippen molar-refractivity contribution in [1.82, 2.24) is 15.0 Å². The monoisotopic (exact) mass is 339 g/mol. The van der Waals surface area contributed by atoms with E-state index in [1.165, 1.54) is 0 Å². The number of rotatable bonds is 7. The summed E-state index contributed by atoms with van der Waals surface area (Å²) in [6.07, 6.45) is -0.712. The molecule has 0 saturated carbocycles. The molecule has 0 aromatic carbocycles. The first kappa shape index (κ1) is 20.6. The molecule has 0 aliphatic rings. The van der Waals surface area contributed by atoms with Crippen molar-refractivity contribution >= 4 is 22.3 Å². The van der Waals surface area contributed by atoms with Gasteiger partial charge in [0.1, 0.15) is 11.6 Å². The van der Waals surface area contributed by atoms with Crippen LogP contribution in [0.25, 0.3) is 0 Å². The summed E-state index contributed by atoms with van der Waals surface area (Å²) in [4.78, 5) is 24.7. The zero-order valence-electron chi connectivity index (χ0n) is 13.7. The Bertz CT molecular complexity index is 484. The summed E-state index contributed by atoms with van der Waals surface area (Å²) in [5.74, 6) is -0.651. The number of nitrogens with one attached hydrogen (secondary N) is 3. The average Bonchev–Trinajstić information content (AvgIpc) is 2.32. The Hall–Kier alpha value is -1.39. The van der Waals surface area contributed by atoms with Gasteiger partial charge >= 0.3 is 12.1 Å². The molecule has 0 rings (SSSR count). The fraction of sp³-hybridized carbons (Fsp3) is 0.833. The predicted molar refractivity (Wildman–Crippen MR) is 79.8 cm³/mol. The van der Waals surface area contributed by atoms with Gasteiger partial charge in [0.2, 0.25) is 0 Å². The zero-order valence-corrected chi connectivity index (χ0v) is 14.5. The van der Waals surface area contributed by atoms with Crippen molar-refractivity contribution in [2.45, 2.75) is 52.7 Å². The van der Waals surface area contributed by atoms with Gasteiger partial charge in [0.25, 0.3) is 10.2 Å². The lowest BCUT2D eigenvalue weighted by Crippen LogP contribution is -2.53. The SMILES string of the molecule is COC(=O)[C@H](CC(C)C)NS(=O)(=O)NNC(=O)OC(C)(C)C. The number of hydrogen-bond acceptors (Lipinski definition) is 6. The molecule has 1 amide bonds. The third-order valence-corrected chi connectivity index (χ3v) is 3.14. The lowest BCUT2D eigenvalue weighted by Gasteiger charge is -2.21. The molecule has 10 heteroatoms. The van der Waals surface area contributed by atoms with Gasteiger partial charge in [-0.15, -0.1) is 4.83 Å². The molecule has 0 saturated heterocycles. The number of methoxy groups -OCH3 is 1. The maximum Gasteiger partial charge on any atom is 0.423 e. The molecule has 0 radical (unpaired) electrons. The van der Waals surface area contributed by atoms with Crippen molar-refractivity contribution in [1.29, 1.82) is 0 Å². The van der Waals surface area contributed by atoms with Gasteiger partial charge in [0, 0.05) is 0 Å². The fourth-order valence-electron chi connectivity index (χ4n) is 1.44. The van der Waals surface area contributed by atoms with E-state index in [1.54, 1.807) is 25.6 Å². The van der Waals surface area contributed by atoms with E-state index in [1.807, 2.05) is 19.3 Å². The molecule has 0 heterocycles. The molecule has 0 aliphatic carbocycles. The van der Waals surface area contributed by atoms with Crippen molar-refractivity contribution in [2.75, 3.05) is 7.11 Å². The second-order valence-electron chi connectivity index (χ2n) is 6.06. The molecule has 130 valence electrons. The second-order valence-corrected chi connectivity index (χ2v) is 7.50. The lowest BCUT2D eigenvalue weighted by atomic mass is 10.1. The molecule has 0 bridgehead atoms. The minimum atomic E-state index is -4.14. The summed E-state index contributed by atoms with van der Waals surface area (Å²) < 4.78 is 35.2. The second kappa shape index (κ2) is 8.30. The van der Waals surface area contributed by atoms with Crippen LogP contribution in [0, 0.1) is 5.92 Å². The normalized spacial score (nSPS) is 13.6. The molecule has 0 fully saturated rings. The summed E-state index contributed by atoms with van der Waals surface area (Å²) in [6, 6.07) is -1.05. The number of amides is 1. The highest BCUT2D eigenvalue weighted by atomic mass is 32.2. The van der Waals surface area contributed by atoms with Crippen molar-refractivity contribution in [3.8, 4) is 0 Å². The Kier molecular flexibility index (Phi) is 7.77. The van der Waals surface area contributed by atoms with Crippen LogP contribution in [0.4, 0.5) is 4.79 Å². The summed E-state index contributed by atoms with van der Waals surface area (Å²) >= 11 is 0. The molecule has 22 heavy (non-hydrogen) atoms. The van der Waals surface area contributed by atoms with Crippen molar-refractivity contribution in [2.24, 2.45) is 5.92 Å². The average molecular weight is 339 g/mol. The standard InChI is InChI=1S/C12H25N3O6S/c1-8(2)7-9(10(16)20-6)14-22(18,19)15-13-11(17)21-12(3,4)5/h8-9,14-15H,7H2,1-6H3,(H,13,17)/t9-/m0/s1. The van der Waals surface area contributed by atoms with Gasteiger partial charge in [-0.25, -0.2) is 10.2 Å². The zero-order chi connectivity index (χ0) is 17.6. The molecular formula is C12H25N3O6S. The van der Waals surface area contributed by atoms with Crippen LogP contribution in [-0.4, -0.2) is 39.2 Å². The smallest absolute Gasteiger partial charge is 0.423 e. The molecule has 3 N–H and O–H groups in total. The minimum Gasteiger partial charge on any atom is -0.468 e. The van der Waals surface area contributed by atoms with Gasteiger partial charge in [-0.1, -0.05) is 13.8 Å². The Balaban J connectivity index is 4.65. The van der Waals surface area contributed by atoms with Crippen LogP contribution in [0.5, 0.6) is 0 Å². The molecule has 0 aromatic heterocycles. The Morgan fingerprint density at radius 1 is 1.18 bits per heavy atom. The maximum atomic E-state index is 11.8. The summed E-state index contributed by atoms with van der Waals surface area (Å²) in [6.45, 7) is 8.56. The molecule has 0 aliphatic heterocycles. The fourth-order valence-corrected chi connectivity index (χ4v) is 2.28. The first-order chi connectivity index (χ1) is 9.86. The quantitative estimate of drug-likeness (QED) is 0.457. The van der Waals surface area contributed by atoms with E-state index >= 15 is 0 Å². The van der Waals surface area contributed by atoms with Crippen molar-refractivity contribution < 1.29 is 27.5 Å². The minimum absolute atomic E-state index is 0.0608. The highest BCUT2D eigenvalue weighted by molar-refractivity contribution is 7.87. The van der Waals surface area contributed by atoms with Crippen LogP contribution in [-0.2, 0) is 24.5 Å². The number of carbonyl (C=O) groups excluding carboxylic acids is 2. The third-order valence-electron chi connectivity index (χ3n) is 2.18. The summed E-state index contributed by atoms with van der Waals surface area (Å²) in [7, 11) is -2.98. The predicted octanol–water partition coefficient (Wildman–Crippen LogP) is 0.438. The van der Waals surface area contributed by atoms with Crippen LogP contribution >= 0.6 is 0 Å². The van der Waals surface area contributed by atoms with E-state index in [0.717, 1.165) is 7.11 Å². The third kappa shape index (κ3) is 9.53. The number of esters is 1. The van der Waals surface area contributed by atoms with Gasteiger partial charge in [0.15, 0.2) is 0 Å². The first-order valence-corrected chi connectivity index (χ1v) is 8.20. The van der Waals surface area contributed by atoms with Crippen LogP contribution in [0.15, 0.2) is 0 Å². The van der Waals surface area contributed by atoms with Gasteiger partial charge in [-0.05, 0) is 33.1 Å². The Morgan fingerprint density at radius 2 is 1.73 bits per heavy atom. The van der Waals surface area contributed by atoms with Crippen LogP contribution < -0.4 is 15.0 Å². The van der Waals surface area contributed by atoms with Crippen LogP contribution in [0.3, 0.4) is 0 Å². The van der Waals surface area contributed by atoms with E-state index in [0.29, 0.717) is 0 Å². The Labute approximate surface area is 131 Å². The molecule has 9 nitrogen and oxygen atoms in total. The summed E-state index contributed by atoms with van der Waals surface area (Å²) in [5, 5.41) is 0. The molecule has 0 aromatic rings. The van der Waals surface area contributed by atoms with Gasteiger partial charge in [-0.2, -0.15) is 13.1 Å². The van der Waals surface area contributed by atoms with E-state index in [2.05, 4.69) is 9.46 Å². The largest absolute Gasteiger partial charge is 0.468 e. The number of hydrogen-bond donors (Lipinski definition) is 3. The first-order valence-electron chi connectivity index (χ1n) is 6.72. The van der Waals surface area contributed by atoms with Crippen LogP contribution in [0.2, 0.25) is 0 Å². The summed E-state index contributed by atoms with van der Waals surface area (Å²) in [5.41, 5.74) is 1.11. The van der Waals surface area contributed by atoms with E-state index < -0.39 is 33.9 Å².